The lowest BCUT2D eigenvalue weighted by Crippen LogP contribution is -2.33. The summed E-state index contributed by atoms with van der Waals surface area (Å²) < 4.78 is 0. The molecule has 2 unspecified atom stereocenters. The fourth-order valence-electron chi connectivity index (χ4n) is 3.57. The summed E-state index contributed by atoms with van der Waals surface area (Å²) in [6, 6.07) is 4.68. The van der Waals surface area contributed by atoms with Crippen LogP contribution in [0.1, 0.15) is 65.2 Å². The first-order valence-electron chi connectivity index (χ1n) is 7.80. The van der Waals surface area contributed by atoms with Gasteiger partial charge in [0.25, 0.3) is 0 Å². The number of azo groups is 1. The maximum Gasteiger partial charge on any atom is 0.167 e. The van der Waals surface area contributed by atoms with Gasteiger partial charge in [0.15, 0.2) is 11.1 Å². The highest BCUT2D eigenvalue weighted by Gasteiger charge is 2.40. The molecule has 2 saturated carbocycles. The number of rotatable bonds is 4. The molecule has 4 nitrogen and oxygen atoms in total. The fourth-order valence-corrected chi connectivity index (χ4v) is 3.57. The van der Waals surface area contributed by atoms with E-state index in [1.54, 1.807) is 0 Å². The minimum Gasteiger partial charge on any atom is -0.196 e. The smallest absolute Gasteiger partial charge is 0.167 e. The number of hydrogen-bond donors (Lipinski definition) is 0. The second-order valence-corrected chi connectivity index (χ2v) is 6.68. The molecule has 4 heteroatoms. The van der Waals surface area contributed by atoms with Crippen LogP contribution in [0.25, 0.3) is 0 Å². The quantitative estimate of drug-likeness (QED) is 0.712. The van der Waals surface area contributed by atoms with E-state index in [1.165, 1.54) is 25.7 Å². The molecular weight excluding hydrogens is 248 g/mol. The van der Waals surface area contributed by atoms with Crippen LogP contribution in [0.4, 0.5) is 0 Å². The summed E-state index contributed by atoms with van der Waals surface area (Å²) in [5.41, 5.74) is -1.51. The Morgan fingerprint density at radius 3 is 1.30 bits per heavy atom. The van der Waals surface area contributed by atoms with Gasteiger partial charge in [-0.25, -0.2) is 0 Å². The van der Waals surface area contributed by atoms with Crippen LogP contribution in [0.5, 0.6) is 0 Å². The molecule has 0 aromatic rings. The van der Waals surface area contributed by atoms with Crippen LogP contribution in [-0.2, 0) is 0 Å². The van der Waals surface area contributed by atoms with Gasteiger partial charge in [-0.05, 0) is 51.4 Å². The van der Waals surface area contributed by atoms with E-state index in [-0.39, 0.29) is 0 Å². The molecule has 0 amide bonds. The minimum absolute atomic E-state index is 0.294. The van der Waals surface area contributed by atoms with Gasteiger partial charge in [-0.15, -0.1) is 0 Å². The zero-order chi connectivity index (χ0) is 14.6. The molecular formula is C16H24N4. The van der Waals surface area contributed by atoms with E-state index < -0.39 is 11.1 Å². The lowest BCUT2D eigenvalue weighted by Gasteiger charge is -2.27. The topological polar surface area (TPSA) is 72.3 Å². The predicted octanol–water partition coefficient (Wildman–Crippen LogP) is 4.38. The predicted molar refractivity (Wildman–Crippen MR) is 76.8 cm³/mol. The first-order chi connectivity index (χ1) is 9.54. The van der Waals surface area contributed by atoms with Crippen molar-refractivity contribution >= 4 is 0 Å². The molecule has 0 heterocycles. The summed E-state index contributed by atoms with van der Waals surface area (Å²) in [7, 11) is 0. The molecule has 0 N–H and O–H groups in total. The number of hydrogen-bond acceptors (Lipinski definition) is 4. The molecule has 20 heavy (non-hydrogen) atoms. The van der Waals surface area contributed by atoms with E-state index in [4.69, 9.17) is 0 Å². The normalized spacial score (nSPS) is 27.0. The van der Waals surface area contributed by atoms with Crippen LogP contribution >= 0.6 is 0 Å². The van der Waals surface area contributed by atoms with E-state index in [0.717, 1.165) is 25.7 Å². The second-order valence-electron chi connectivity index (χ2n) is 6.68. The summed E-state index contributed by atoms with van der Waals surface area (Å²) in [5.74, 6) is 0.588. The first kappa shape index (κ1) is 15.0. The third-order valence-electron chi connectivity index (χ3n) is 5.22. The highest BCUT2D eigenvalue weighted by Crippen LogP contribution is 2.39. The van der Waals surface area contributed by atoms with Crippen LogP contribution in [0.15, 0.2) is 10.2 Å². The molecule has 2 aliphatic rings. The molecule has 2 fully saturated rings. The van der Waals surface area contributed by atoms with E-state index in [0.29, 0.717) is 11.8 Å². The SMILES string of the molecule is CC(C#N)(N=NC(C)(C#N)C1CCCC1)C1CCCC1. The van der Waals surface area contributed by atoms with Gasteiger partial charge in [-0.1, -0.05) is 25.7 Å². The Bertz CT molecular complexity index is 404. The highest BCUT2D eigenvalue weighted by atomic mass is 15.2. The molecule has 108 valence electrons. The minimum atomic E-state index is -0.757. The Balaban J connectivity index is 2.16. The molecule has 2 atom stereocenters. The van der Waals surface area contributed by atoms with Crippen molar-refractivity contribution in [3.05, 3.63) is 0 Å². The van der Waals surface area contributed by atoms with Gasteiger partial charge in [-0.3, -0.25) is 0 Å². The molecule has 2 rings (SSSR count). The fraction of sp³-hybridized carbons (Fsp3) is 0.875. The van der Waals surface area contributed by atoms with Gasteiger partial charge in [0.2, 0.25) is 0 Å². The van der Waals surface area contributed by atoms with E-state index in [1.807, 2.05) is 13.8 Å². The molecule has 0 bridgehead atoms. The zero-order valence-electron chi connectivity index (χ0n) is 12.6. The van der Waals surface area contributed by atoms with Crippen molar-refractivity contribution in [2.24, 2.45) is 22.1 Å². The van der Waals surface area contributed by atoms with Crippen molar-refractivity contribution in [1.82, 2.24) is 0 Å². The van der Waals surface area contributed by atoms with Gasteiger partial charge in [0.1, 0.15) is 0 Å². The van der Waals surface area contributed by atoms with E-state index >= 15 is 0 Å². The van der Waals surface area contributed by atoms with Crippen molar-refractivity contribution in [3.63, 3.8) is 0 Å². The van der Waals surface area contributed by atoms with Crippen LogP contribution in [0, 0.1) is 34.5 Å². The standard InChI is InChI=1S/C16H24N4/c1-15(11-17,13-7-3-4-8-13)19-20-16(2,12-18)14-9-5-6-10-14/h13-14H,3-10H2,1-2H3. The third-order valence-corrected chi connectivity index (χ3v) is 5.22. The average Bonchev–Trinajstić information content (AvgIpc) is 3.16. The molecule has 0 saturated heterocycles. The van der Waals surface area contributed by atoms with Gasteiger partial charge in [-0.2, -0.15) is 20.8 Å². The van der Waals surface area contributed by atoms with Crippen LogP contribution in [0.3, 0.4) is 0 Å². The van der Waals surface area contributed by atoms with Crippen LogP contribution in [-0.4, -0.2) is 11.1 Å². The lowest BCUT2D eigenvalue weighted by molar-refractivity contribution is 0.315. The molecule has 0 spiro atoms. The average molecular weight is 272 g/mol. The van der Waals surface area contributed by atoms with Crippen molar-refractivity contribution in [2.75, 3.05) is 0 Å². The van der Waals surface area contributed by atoms with Crippen molar-refractivity contribution < 1.29 is 0 Å². The summed E-state index contributed by atoms with van der Waals surface area (Å²) >= 11 is 0. The molecule has 0 aromatic heterocycles. The zero-order valence-corrected chi connectivity index (χ0v) is 12.6. The van der Waals surface area contributed by atoms with E-state index in [2.05, 4.69) is 22.4 Å². The summed E-state index contributed by atoms with van der Waals surface area (Å²) in [6.07, 6.45) is 8.91. The highest BCUT2D eigenvalue weighted by molar-refractivity contribution is 5.12. The summed E-state index contributed by atoms with van der Waals surface area (Å²) in [4.78, 5) is 0. The number of nitriles is 2. The van der Waals surface area contributed by atoms with Crippen molar-refractivity contribution in [3.8, 4) is 12.1 Å². The Kier molecular flexibility index (Phi) is 4.43. The van der Waals surface area contributed by atoms with Crippen LogP contribution in [0.2, 0.25) is 0 Å². The number of nitrogens with zero attached hydrogens (tertiary/aromatic N) is 4. The van der Waals surface area contributed by atoms with E-state index in [9.17, 15) is 10.5 Å². The maximum absolute atomic E-state index is 9.49. The lowest BCUT2D eigenvalue weighted by atomic mass is 9.85. The molecule has 0 radical (unpaired) electrons. The van der Waals surface area contributed by atoms with Crippen molar-refractivity contribution in [1.29, 1.82) is 10.5 Å². The van der Waals surface area contributed by atoms with Gasteiger partial charge in [0, 0.05) is 0 Å². The Morgan fingerprint density at radius 1 is 0.750 bits per heavy atom. The third kappa shape index (κ3) is 2.85. The Labute approximate surface area is 121 Å². The summed E-state index contributed by atoms with van der Waals surface area (Å²) in [5, 5.41) is 27.8. The maximum atomic E-state index is 9.49. The first-order valence-corrected chi connectivity index (χ1v) is 7.80. The van der Waals surface area contributed by atoms with Crippen molar-refractivity contribution in [2.45, 2.75) is 76.3 Å². The monoisotopic (exact) mass is 272 g/mol. The largest absolute Gasteiger partial charge is 0.196 e. The van der Waals surface area contributed by atoms with Crippen LogP contribution < -0.4 is 0 Å². The van der Waals surface area contributed by atoms with Gasteiger partial charge >= 0.3 is 0 Å². The summed E-state index contributed by atoms with van der Waals surface area (Å²) in [6.45, 7) is 3.75. The Hall–Kier alpha value is -1.42. The molecule has 0 aliphatic heterocycles. The second kappa shape index (κ2) is 5.92. The Morgan fingerprint density at radius 2 is 1.05 bits per heavy atom. The van der Waals surface area contributed by atoms with Gasteiger partial charge in [0.05, 0.1) is 12.1 Å². The molecule has 2 aliphatic carbocycles. The molecule has 0 aromatic carbocycles. The van der Waals surface area contributed by atoms with Gasteiger partial charge < -0.3 is 0 Å².